The molecule has 0 aromatic carbocycles. The quantitative estimate of drug-likeness (QED) is 0.668. The molecule has 146 valence electrons. The summed E-state index contributed by atoms with van der Waals surface area (Å²) in [6, 6.07) is 0.181. The van der Waals surface area contributed by atoms with Crippen LogP contribution in [-0.2, 0) is 14.3 Å². The Morgan fingerprint density at radius 3 is 2.74 bits per heavy atom. The van der Waals surface area contributed by atoms with Crippen molar-refractivity contribution in [2.45, 2.75) is 45.1 Å². The number of ether oxygens (including phenoxy) is 1. The van der Waals surface area contributed by atoms with Gasteiger partial charge in [0.25, 0.3) is 5.91 Å². The smallest absolute Gasteiger partial charge is 0.310 e. The number of carbonyl (C=O) groups is 3. The molecule has 0 unspecified atom stereocenters. The van der Waals surface area contributed by atoms with E-state index in [1.54, 1.807) is 16.7 Å². The van der Waals surface area contributed by atoms with E-state index in [0.29, 0.717) is 31.9 Å². The highest BCUT2D eigenvalue weighted by molar-refractivity contribution is 5.92. The first-order valence-electron chi connectivity index (χ1n) is 9.61. The molecular weight excluding hydrogens is 348 g/mol. The number of nitrogens with zero attached hydrogens (tertiary/aromatic N) is 4. The van der Waals surface area contributed by atoms with Crippen molar-refractivity contribution in [2.24, 2.45) is 5.92 Å². The predicted molar refractivity (Wildman–Crippen MR) is 96.6 cm³/mol. The first-order chi connectivity index (χ1) is 13.1. The molecule has 1 aromatic rings. The summed E-state index contributed by atoms with van der Waals surface area (Å²) >= 11 is 0. The summed E-state index contributed by atoms with van der Waals surface area (Å²) in [5, 5.41) is 0. The van der Waals surface area contributed by atoms with Crippen LogP contribution < -0.4 is 0 Å². The highest BCUT2D eigenvalue weighted by Crippen LogP contribution is 2.28. The molecular formula is C19H26N4O4. The predicted octanol–water partition coefficient (Wildman–Crippen LogP) is 1.27. The molecule has 0 bridgehead atoms. The standard InChI is InChI=1S/C19H26N4O4/c1-2-27-19(26)14-4-3-10-22(13-14)17(24)7-11-23(15-5-6-15)18(25)16-12-20-8-9-21-16/h8-9,12,14-15H,2-7,10-11,13H2,1H3/t14-/m0/s1. The fraction of sp³-hybridized carbons (Fsp3) is 0.632. The van der Waals surface area contributed by atoms with E-state index in [9.17, 15) is 14.4 Å². The van der Waals surface area contributed by atoms with Crippen molar-refractivity contribution in [1.82, 2.24) is 19.8 Å². The molecule has 1 atom stereocenters. The van der Waals surface area contributed by atoms with Gasteiger partial charge in [0.2, 0.25) is 5.91 Å². The van der Waals surface area contributed by atoms with Crippen LogP contribution in [-0.4, -0.2) is 69.8 Å². The molecule has 2 amide bonds. The normalized spacial score (nSPS) is 19.4. The minimum absolute atomic E-state index is 0.0263. The molecule has 27 heavy (non-hydrogen) atoms. The maximum absolute atomic E-state index is 12.7. The molecule has 2 fully saturated rings. The van der Waals surface area contributed by atoms with Gasteiger partial charge in [0, 0.05) is 44.5 Å². The molecule has 8 nitrogen and oxygen atoms in total. The molecule has 1 saturated heterocycles. The van der Waals surface area contributed by atoms with E-state index in [1.165, 1.54) is 18.6 Å². The van der Waals surface area contributed by atoms with E-state index in [0.717, 1.165) is 25.7 Å². The third-order valence-corrected chi connectivity index (χ3v) is 4.99. The first-order valence-corrected chi connectivity index (χ1v) is 9.61. The minimum atomic E-state index is -0.247. The number of hydrogen-bond acceptors (Lipinski definition) is 6. The van der Waals surface area contributed by atoms with Crippen molar-refractivity contribution in [2.75, 3.05) is 26.2 Å². The van der Waals surface area contributed by atoms with Crippen LogP contribution in [0.5, 0.6) is 0 Å². The van der Waals surface area contributed by atoms with Gasteiger partial charge in [-0.3, -0.25) is 19.4 Å². The van der Waals surface area contributed by atoms with Crippen LogP contribution in [0.1, 0.15) is 49.5 Å². The topological polar surface area (TPSA) is 92.7 Å². The maximum atomic E-state index is 12.7. The maximum Gasteiger partial charge on any atom is 0.310 e. The number of hydrogen-bond donors (Lipinski definition) is 0. The van der Waals surface area contributed by atoms with E-state index in [-0.39, 0.29) is 36.2 Å². The van der Waals surface area contributed by atoms with Gasteiger partial charge in [0.1, 0.15) is 5.69 Å². The van der Waals surface area contributed by atoms with Crippen molar-refractivity contribution >= 4 is 17.8 Å². The van der Waals surface area contributed by atoms with Crippen LogP contribution in [0, 0.1) is 5.92 Å². The number of piperidine rings is 1. The molecule has 0 spiro atoms. The first kappa shape index (κ1) is 19.3. The molecule has 0 radical (unpaired) electrons. The highest BCUT2D eigenvalue weighted by Gasteiger charge is 2.35. The van der Waals surface area contributed by atoms with Crippen LogP contribution in [0.3, 0.4) is 0 Å². The Kier molecular flexibility index (Phi) is 6.36. The molecule has 1 aliphatic carbocycles. The number of aromatic nitrogens is 2. The fourth-order valence-electron chi connectivity index (χ4n) is 3.42. The summed E-state index contributed by atoms with van der Waals surface area (Å²) in [5.74, 6) is -0.682. The molecule has 8 heteroatoms. The Balaban J connectivity index is 1.55. The second-order valence-electron chi connectivity index (χ2n) is 7.00. The lowest BCUT2D eigenvalue weighted by Gasteiger charge is -2.32. The second-order valence-corrected chi connectivity index (χ2v) is 7.00. The van der Waals surface area contributed by atoms with Gasteiger partial charge in [0.05, 0.1) is 18.7 Å². The fourth-order valence-corrected chi connectivity index (χ4v) is 3.42. The van der Waals surface area contributed by atoms with Gasteiger partial charge in [-0.05, 0) is 32.6 Å². The van der Waals surface area contributed by atoms with E-state index in [2.05, 4.69) is 9.97 Å². The van der Waals surface area contributed by atoms with Crippen molar-refractivity contribution in [3.05, 3.63) is 24.3 Å². The Morgan fingerprint density at radius 1 is 1.26 bits per heavy atom. The molecule has 2 aliphatic rings. The Hall–Kier alpha value is -2.51. The van der Waals surface area contributed by atoms with Gasteiger partial charge in [0.15, 0.2) is 0 Å². The average Bonchev–Trinajstić information content (AvgIpc) is 3.54. The van der Waals surface area contributed by atoms with Crippen molar-refractivity contribution in [3.63, 3.8) is 0 Å². The summed E-state index contributed by atoms with van der Waals surface area (Å²) < 4.78 is 5.09. The number of carbonyl (C=O) groups excluding carboxylic acids is 3. The van der Waals surface area contributed by atoms with E-state index < -0.39 is 0 Å². The SMILES string of the molecule is CCOC(=O)[C@H]1CCCN(C(=O)CCN(C(=O)c2cnccn2)C2CC2)C1. The zero-order chi connectivity index (χ0) is 19.2. The van der Waals surface area contributed by atoms with Gasteiger partial charge >= 0.3 is 5.97 Å². The van der Waals surface area contributed by atoms with E-state index in [1.807, 2.05) is 0 Å². The van der Waals surface area contributed by atoms with Gasteiger partial charge in [-0.2, -0.15) is 0 Å². The zero-order valence-electron chi connectivity index (χ0n) is 15.7. The average molecular weight is 374 g/mol. The second kappa shape index (κ2) is 8.92. The summed E-state index contributed by atoms with van der Waals surface area (Å²) in [5.41, 5.74) is 0.303. The number of rotatable bonds is 7. The van der Waals surface area contributed by atoms with Crippen molar-refractivity contribution in [1.29, 1.82) is 0 Å². The zero-order valence-corrected chi connectivity index (χ0v) is 15.7. The summed E-state index contributed by atoms with van der Waals surface area (Å²) in [6.45, 7) is 3.54. The van der Waals surface area contributed by atoms with E-state index >= 15 is 0 Å². The molecule has 1 aliphatic heterocycles. The molecule has 1 saturated carbocycles. The van der Waals surface area contributed by atoms with E-state index in [4.69, 9.17) is 4.74 Å². The molecule has 0 N–H and O–H groups in total. The van der Waals surface area contributed by atoms with Crippen LogP contribution >= 0.6 is 0 Å². The van der Waals surface area contributed by atoms with Gasteiger partial charge in [-0.1, -0.05) is 0 Å². The lowest BCUT2D eigenvalue weighted by molar-refractivity contribution is -0.151. The van der Waals surface area contributed by atoms with Gasteiger partial charge in [-0.15, -0.1) is 0 Å². The third kappa shape index (κ3) is 5.02. The number of esters is 1. The monoisotopic (exact) mass is 374 g/mol. The van der Waals surface area contributed by atoms with Crippen molar-refractivity contribution in [3.8, 4) is 0 Å². The van der Waals surface area contributed by atoms with Crippen LogP contribution in [0.15, 0.2) is 18.6 Å². The summed E-state index contributed by atoms with van der Waals surface area (Å²) in [6.07, 6.45) is 8.17. The Bertz CT molecular complexity index is 678. The largest absolute Gasteiger partial charge is 0.466 e. The Labute approximate surface area is 158 Å². The third-order valence-electron chi connectivity index (χ3n) is 4.99. The van der Waals surface area contributed by atoms with Gasteiger partial charge < -0.3 is 14.5 Å². The number of likely N-dealkylation sites (tertiary alicyclic amines) is 1. The lowest BCUT2D eigenvalue weighted by atomic mass is 9.98. The van der Waals surface area contributed by atoms with Crippen LogP contribution in [0.25, 0.3) is 0 Å². The van der Waals surface area contributed by atoms with Gasteiger partial charge in [-0.25, -0.2) is 4.98 Å². The molecule has 2 heterocycles. The molecule has 1 aromatic heterocycles. The minimum Gasteiger partial charge on any atom is -0.466 e. The summed E-state index contributed by atoms with van der Waals surface area (Å²) in [4.78, 5) is 48.7. The lowest BCUT2D eigenvalue weighted by Crippen LogP contribution is -2.44. The highest BCUT2D eigenvalue weighted by atomic mass is 16.5. The van der Waals surface area contributed by atoms with Crippen LogP contribution in [0.2, 0.25) is 0 Å². The molecule has 3 rings (SSSR count). The number of amides is 2. The van der Waals surface area contributed by atoms with Crippen LogP contribution in [0.4, 0.5) is 0 Å². The Morgan fingerprint density at radius 2 is 2.07 bits per heavy atom. The van der Waals surface area contributed by atoms with Crippen molar-refractivity contribution < 1.29 is 19.1 Å². The summed E-state index contributed by atoms with van der Waals surface area (Å²) in [7, 11) is 0.